The Balaban J connectivity index is 0.00000392. The Morgan fingerprint density at radius 1 is 1.29 bits per heavy atom. The molecule has 0 saturated carbocycles. The van der Waals surface area contributed by atoms with Crippen LogP contribution in [0.3, 0.4) is 0 Å². The maximum atomic E-state index is 12.5. The highest BCUT2D eigenvalue weighted by molar-refractivity contribution is 14.0. The van der Waals surface area contributed by atoms with Crippen molar-refractivity contribution in [1.29, 1.82) is 0 Å². The predicted molar refractivity (Wildman–Crippen MR) is 114 cm³/mol. The van der Waals surface area contributed by atoms with Gasteiger partial charge in [-0.25, -0.2) is 13.4 Å². The summed E-state index contributed by atoms with van der Waals surface area (Å²) in [6.45, 7) is 2.67. The van der Waals surface area contributed by atoms with E-state index >= 15 is 0 Å². The summed E-state index contributed by atoms with van der Waals surface area (Å²) in [4.78, 5) is 6.07. The van der Waals surface area contributed by atoms with Crippen molar-refractivity contribution in [3.8, 4) is 0 Å². The summed E-state index contributed by atoms with van der Waals surface area (Å²) in [5.41, 5.74) is 0.838. The third kappa shape index (κ3) is 8.52. The molecule has 28 heavy (non-hydrogen) atoms. The van der Waals surface area contributed by atoms with Crippen molar-refractivity contribution in [1.82, 2.24) is 15.5 Å². The number of aliphatic imine (C=N–C) groups is 1. The van der Waals surface area contributed by atoms with Crippen LogP contribution >= 0.6 is 24.0 Å². The molecule has 6 nitrogen and oxygen atoms in total. The number of halogens is 4. The Morgan fingerprint density at radius 2 is 1.93 bits per heavy atom. The van der Waals surface area contributed by atoms with E-state index in [0.717, 1.165) is 11.8 Å². The van der Waals surface area contributed by atoms with Gasteiger partial charge in [-0.15, -0.1) is 24.0 Å². The number of sulfone groups is 1. The van der Waals surface area contributed by atoms with Crippen LogP contribution < -0.4 is 10.6 Å². The fourth-order valence-corrected chi connectivity index (χ4v) is 3.50. The number of hydrogen-bond acceptors (Lipinski definition) is 4. The molecule has 1 heterocycles. The Hall–Kier alpha value is -1.08. The lowest BCUT2D eigenvalue weighted by molar-refractivity contribution is -0.143. The lowest BCUT2D eigenvalue weighted by Gasteiger charge is -2.19. The number of alkyl halides is 3. The first-order chi connectivity index (χ1) is 12.6. The van der Waals surface area contributed by atoms with E-state index in [4.69, 9.17) is 0 Å². The summed E-state index contributed by atoms with van der Waals surface area (Å²) in [5.74, 6) is 0.531. The van der Waals surface area contributed by atoms with Gasteiger partial charge in [0.25, 0.3) is 0 Å². The SMILES string of the molecule is CCNC(=NCc1ccc(S(C)(=O)=O)cc1)NC1CCN(CC(F)(F)F)C1.I. The van der Waals surface area contributed by atoms with E-state index in [1.165, 1.54) is 17.0 Å². The predicted octanol–water partition coefficient (Wildman–Crippen LogP) is 2.40. The number of nitrogens with zero attached hydrogens (tertiary/aromatic N) is 2. The van der Waals surface area contributed by atoms with Crippen LogP contribution in [0.2, 0.25) is 0 Å². The third-order valence-electron chi connectivity index (χ3n) is 4.13. The number of hydrogen-bond donors (Lipinski definition) is 2. The van der Waals surface area contributed by atoms with Crippen LogP contribution in [-0.2, 0) is 16.4 Å². The van der Waals surface area contributed by atoms with Crippen molar-refractivity contribution < 1.29 is 21.6 Å². The fraction of sp³-hybridized carbons (Fsp3) is 0.588. The normalized spacial score (nSPS) is 18.6. The highest BCUT2D eigenvalue weighted by atomic mass is 127. The van der Waals surface area contributed by atoms with Crippen LogP contribution in [-0.4, -0.2) is 63.9 Å². The molecule has 1 unspecified atom stereocenters. The van der Waals surface area contributed by atoms with Crippen molar-refractivity contribution >= 4 is 39.8 Å². The lowest BCUT2D eigenvalue weighted by atomic mass is 10.2. The number of nitrogens with one attached hydrogen (secondary N) is 2. The zero-order valence-corrected chi connectivity index (χ0v) is 18.9. The molecule has 1 aliphatic heterocycles. The highest BCUT2D eigenvalue weighted by Crippen LogP contribution is 2.20. The minimum absolute atomic E-state index is 0. The first-order valence-corrected chi connectivity index (χ1v) is 10.6. The average Bonchev–Trinajstić information content (AvgIpc) is 2.97. The molecule has 160 valence electrons. The molecule has 1 atom stereocenters. The number of benzene rings is 1. The van der Waals surface area contributed by atoms with E-state index in [1.807, 2.05) is 6.92 Å². The molecule has 1 aromatic rings. The molecule has 1 aliphatic rings. The van der Waals surface area contributed by atoms with Gasteiger partial charge in [-0.1, -0.05) is 12.1 Å². The van der Waals surface area contributed by atoms with Gasteiger partial charge in [-0.2, -0.15) is 13.2 Å². The van der Waals surface area contributed by atoms with Crippen molar-refractivity contribution in [2.45, 2.75) is 37.0 Å². The van der Waals surface area contributed by atoms with E-state index in [9.17, 15) is 21.6 Å². The number of guanidine groups is 1. The molecule has 0 amide bonds. The molecule has 2 rings (SSSR count). The van der Waals surface area contributed by atoms with Crippen LogP contribution in [0.4, 0.5) is 13.2 Å². The molecular formula is C17H26F3IN4O2S. The maximum absolute atomic E-state index is 12.5. The molecule has 2 N–H and O–H groups in total. The van der Waals surface area contributed by atoms with Crippen LogP contribution in [0.15, 0.2) is 34.2 Å². The van der Waals surface area contributed by atoms with E-state index in [-0.39, 0.29) is 34.9 Å². The van der Waals surface area contributed by atoms with Gasteiger partial charge in [0, 0.05) is 31.9 Å². The molecule has 0 bridgehead atoms. The average molecular weight is 534 g/mol. The molecule has 1 saturated heterocycles. The highest BCUT2D eigenvalue weighted by Gasteiger charge is 2.34. The summed E-state index contributed by atoms with van der Waals surface area (Å²) < 4.78 is 60.4. The molecule has 0 aliphatic carbocycles. The third-order valence-corrected chi connectivity index (χ3v) is 5.26. The van der Waals surface area contributed by atoms with Crippen LogP contribution in [0.1, 0.15) is 18.9 Å². The van der Waals surface area contributed by atoms with Gasteiger partial charge in [-0.3, -0.25) is 4.90 Å². The summed E-state index contributed by atoms with van der Waals surface area (Å²) in [7, 11) is -3.24. The maximum Gasteiger partial charge on any atom is 0.401 e. The smallest absolute Gasteiger partial charge is 0.357 e. The van der Waals surface area contributed by atoms with Crippen molar-refractivity contribution in [3.05, 3.63) is 29.8 Å². The van der Waals surface area contributed by atoms with E-state index in [0.29, 0.717) is 38.6 Å². The van der Waals surface area contributed by atoms with Crippen LogP contribution in [0, 0.1) is 0 Å². The van der Waals surface area contributed by atoms with Gasteiger partial charge in [-0.05, 0) is 31.0 Å². The Morgan fingerprint density at radius 3 is 2.46 bits per heavy atom. The largest absolute Gasteiger partial charge is 0.401 e. The molecule has 0 spiro atoms. The first-order valence-electron chi connectivity index (χ1n) is 8.70. The van der Waals surface area contributed by atoms with Gasteiger partial charge in [0.05, 0.1) is 18.0 Å². The minimum Gasteiger partial charge on any atom is -0.357 e. The van der Waals surface area contributed by atoms with Gasteiger partial charge >= 0.3 is 6.18 Å². The molecular weight excluding hydrogens is 508 g/mol. The van der Waals surface area contributed by atoms with E-state index in [2.05, 4.69) is 15.6 Å². The monoisotopic (exact) mass is 534 g/mol. The van der Waals surface area contributed by atoms with Crippen molar-refractivity contribution in [2.75, 3.05) is 32.4 Å². The lowest BCUT2D eigenvalue weighted by Crippen LogP contribution is -2.45. The molecule has 11 heteroatoms. The summed E-state index contributed by atoms with van der Waals surface area (Å²) >= 11 is 0. The van der Waals surface area contributed by atoms with Gasteiger partial charge in [0.1, 0.15) is 0 Å². The zero-order valence-electron chi connectivity index (χ0n) is 15.8. The van der Waals surface area contributed by atoms with Crippen molar-refractivity contribution in [3.63, 3.8) is 0 Å². The second kappa shape index (κ2) is 10.6. The Bertz CT molecular complexity index is 755. The number of likely N-dealkylation sites (tertiary alicyclic amines) is 1. The second-order valence-electron chi connectivity index (χ2n) is 6.59. The summed E-state index contributed by atoms with van der Waals surface area (Å²) in [5, 5.41) is 6.25. The van der Waals surface area contributed by atoms with Crippen LogP contribution in [0.25, 0.3) is 0 Å². The first kappa shape index (κ1) is 25.0. The topological polar surface area (TPSA) is 73.8 Å². The minimum atomic E-state index is -4.19. The quantitative estimate of drug-likeness (QED) is 0.333. The van der Waals surface area contributed by atoms with Gasteiger partial charge in [0.15, 0.2) is 15.8 Å². The van der Waals surface area contributed by atoms with E-state index in [1.54, 1.807) is 12.1 Å². The molecule has 1 aromatic carbocycles. The zero-order chi connectivity index (χ0) is 20.1. The fourth-order valence-electron chi connectivity index (χ4n) is 2.87. The van der Waals surface area contributed by atoms with Gasteiger partial charge in [0.2, 0.25) is 0 Å². The summed E-state index contributed by atoms with van der Waals surface area (Å²) in [6.07, 6.45) is -2.42. The standard InChI is InChI=1S/C17H25F3N4O2S.HI/c1-3-21-16(23-14-8-9-24(11-14)12-17(18,19)20)22-10-13-4-6-15(7-5-13)27(2,25)26;/h4-7,14H,3,8-12H2,1-2H3,(H2,21,22,23);1H. The number of rotatable bonds is 6. The summed E-state index contributed by atoms with van der Waals surface area (Å²) in [6, 6.07) is 6.37. The van der Waals surface area contributed by atoms with Gasteiger partial charge < -0.3 is 10.6 Å². The Labute approximate surface area is 180 Å². The molecule has 0 aromatic heterocycles. The Kier molecular flexibility index (Phi) is 9.47. The van der Waals surface area contributed by atoms with E-state index < -0.39 is 22.6 Å². The molecule has 1 fully saturated rings. The second-order valence-corrected chi connectivity index (χ2v) is 8.61. The van der Waals surface area contributed by atoms with Crippen molar-refractivity contribution in [2.24, 2.45) is 4.99 Å². The molecule has 0 radical (unpaired) electrons. The van der Waals surface area contributed by atoms with Crippen LogP contribution in [0.5, 0.6) is 0 Å².